The van der Waals surface area contributed by atoms with E-state index in [9.17, 15) is 9.90 Å². The molecule has 1 aliphatic carbocycles. The van der Waals surface area contributed by atoms with Crippen LogP contribution in [0.15, 0.2) is 54.3 Å². The zero-order valence-electron chi connectivity index (χ0n) is 41.3. The molecule has 1 atom stereocenters. The Morgan fingerprint density at radius 1 is 0.387 bits per heavy atom. The van der Waals surface area contributed by atoms with Crippen LogP contribution in [-0.4, -0.2) is 38.1 Å². The van der Waals surface area contributed by atoms with Crippen molar-refractivity contribution in [2.75, 3.05) is 37.0 Å². The van der Waals surface area contributed by atoms with E-state index in [1.807, 2.05) is 24.3 Å². The highest BCUT2D eigenvalue weighted by Gasteiger charge is 2.41. The Balaban J connectivity index is 1.19. The summed E-state index contributed by atoms with van der Waals surface area (Å²) >= 11 is 0. The molecule has 0 aliphatic heterocycles. The van der Waals surface area contributed by atoms with Gasteiger partial charge in [-0.3, -0.25) is 4.79 Å². The maximum Gasteiger partial charge on any atom is 0.181 e. The normalized spacial score (nSPS) is 13.9. The van der Waals surface area contributed by atoms with Crippen LogP contribution in [0.2, 0.25) is 0 Å². The number of nitrogens with zero attached hydrogens (tertiary/aromatic N) is 2. The van der Waals surface area contributed by atoms with E-state index in [1.165, 1.54) is 237 Å². The number of Topliss-reactive ketones (excluding diaryl/α,β-unsaturated/α-hetero) is 1. The minimum atomic E-state index is -0.550. The summed E-state index contributed by atoms with van der Waals surface area (Å²) in [5.41, 5.74) is 4.50. The van der Waals surface area contributed by atoms with E-state index in [4.69, 9.17) is 0 Å². The van der Waals surface area contributed by atoms with Crippen LogP contribution in [0.3, 0.4) is 0 Å². The standard InChI is InChI=1S/C58H98N2O2/c1-5-7-9-11-13-15-17-19-21-23-25-27-29-31-33-35-37-39-49-59(3)53-45-41-51(42-46-53)55-57(61)56(58(55)62)52-43-47-54(48-44-52)60(4)50-40-38-36-34-32-30-28-26-24-22-20-18-16-14-12-10-8-6-2/h41-48,55,61H,5-40,49-50H2,1-4H3. The van der Waals surface area contributed by atoms with Crippen molar-refractivity contribution in [3.63, 3.8) is 0 Å². The van der Waals surface area contributed by atoms with Gasteiger partial charge in [-0.25, -0.2) is 0 Å². The molecular weight excluding hydrogens is 757 g/mol. The number of unbranched alkanes of at least 4 members (excludes halogenated alkanes) is 34. The van der Waals surface area contributed by atoms with Crippen molar-refractivity contribution < 1.29 is 9.90 Å². The van der Waals surface area contributed by atoms with Gasteiger partial charge in [0.1, 0.15) is 11.7 Å². The van der Waals surface area contributed by atoms with Gasteiger partial charge in [-0.05, 0) is 48.2 Å². The fourth-order valence-electron chi connectivity index (χ4n) is 9.62. The first-order chi connectivity index (χ1) is 30.5. The number of carbonyl (C=O) groups excluding carboxylic acids is 1. The van der Waals surface area contributed by atoms with Crippen LogP contribution in [0.25, 0.3) is 5.57 Å². The Hall–Kier alpha value is -2.75. The van der Waals surface area contributed by atoms with Crippen molar-refractivity contribution in [1.82, 2.24) is 0 Å². The van der Waals surface area contributed by atoms with Crippen LogP contribution >= 0.6 is 0 Å². The molecule has 3 rings (SSSR count). The topological polar surface area (TPSA) is 43.8 Å². The molecule has 2 aromatic rings. The minimum Gasteiger partial charge on any atom is -0.510 e. The number of aliphatic hydroxyl groups is 1. The molecule has 0 spiro atoms. The Kier molecular flexibility index (Phi) is 30.8. The van der Waals surface area contributed by atoms with Crippen LogP contribution in [0.4, 0.5) is 11.4 Å². The van der Waals surface area contributed by atoms with Gasteiger partial charge in [0.15, 0.2) is 5.78 Å². The maximum atomic E-state index is 13.4. The molecule has 2 aromatic carbocycles. The van der Waals surface area contributed by atoms with E-state index in [0.717, 1.165) is 29.9 Å². The quantitative estimate of drug-likeness (QED) is 0.0676. The lowest BCUT2D eigenvalue weighted by Gasteiger charge is -2.29. The number of hydrogen-bond acceptors (Lipinski definition) is 4. The molecule has 0 bridgehead atoms. The number of anilines is 2. The largest absolute Gasteiger partial charge is 0.510 e. The number of carbonyl (C=O) groups is 1. The molecule has 0 saturated carbocycles. The van der Waals surface area contributed by atoms with E-state index < -0.39 is 5.92 Å². The zero-order valence-corrected chi connectivity index (χ0v) is 41.3. The minimum absolute atomic E-state index is 0.0160. The highest BCUT2D eigenvalue weighted by atomic mass is 16.3. The summed E-state index contributed by atoms with van der Waals surface area (Å²) in [4.78, 5) is 18.0. The number of allylic oxidation sites excluding steroid dienone is 2. The van der Waals surface area contributed by atoms with Crippen LogP contribution in [0.5, 0.6) is 0 Å². The average molecular weight is 855 g/mol. The number of benzene rings is 2. The molecule has 1 unspecified atom stereocenters. The van der Waals surface area contributed by atoms with E-state index in [-0.39, 0.29) is 11.5 Å². The number of rotatable bonds is 42. The van der Waals surface area contributed by atoms with Gasteiger partial charge in [0.05, 0.1) is 5.57 Å². The second kappa shape index (κ2) is 35.6. The third-order valence-electron chi connectivity index (χ3n) is 14.0. The molecule has 0 heterocycles. The van der Waals surface area contributed by atoms with Crippen molar-refractivity contribution in [3.05, 3.63) is 65.4 Å². The third kappa shape index (κ3) is 22.7. The smallest absolute Gasteiger partial charge is 0.181 e. The summed E-state index contributed by atoms with van der Waals surface area (Å²) in [5, 5.41) is 11.1. The van der Waals surface area contributed by atoms with Gasteiger partial charge in [0.25, 0.3) is 0 Å². The molecule has 1 aliphatic rings. The average Bonchev–Trinajstić information content (AvgIpc) is 3.28. The summed E-state index contributed by atoms with van der Waals surface area (Å²) in [6.07, 6.45) is 50.3. The summed E-state index contributed by atoms with van der Waals surface area (Å²) in [6, 6.07) is 16.4. The SMILES string of the molecule is CCCCCCCCCCCCCCCCCCCCN(C)c1ccc(C2=C(O)C(c3ccc(N(C)CCCCCCCCCCCCCCCCCCCC)cc3)C2=O)cc1. The van der Waals surface area contributed by atoms with E-state index >= 15 is 0 Å². The van der Waals surface area contributed by atoms with E-state index in [0.29, 0.717) is 5.57 Å². The zero-order chi connectivity index (χ0) is 44.3. The Morgan fingerprint density at radius 2 is 0.645 bits per heavy atom. The molecule has 1 N–H and O–H groups in total. The summed E-state index contributed by atoms with van der Waals surface area (Å²) in [6.45, 7) is 6.67. The predicted octanol–water partition coefficient (Wildman–Crippen LogP) is 18.3. The van der Waals surface area contributed by atoms with Gasteiger partial charge in [-0.1, -0.05) is 256 Å². The second-order valence-electron chi connectivity index (χ2n) is 19.6. The molecule has 0 amide bonds. The van der Waals surface area contributed by atoms with Crippen LogP contribution in [0.1, 0.15) is 262 Å². The van der Waals surface area contributed by atoms with E-state index in [2.05, 4.69) is 62.0 Å². The number of hydrogen-bond donors (Lipinski definition) is 1. The van der Waals surface area contributed by atoms with Crippen molar-refractivity contribution in [1.29, 1.82) is 0 Å². The summed E-state index contributed by atoms with van der Waals surface area (Å²) in [7, 11) is 4.32. The highest BCUT2D eigenvalue weighted by molar-refractivity contribution is 6.31. The Bertz CT molecular complexity index is 1400. The van der Waals surface area contributed by atoms with Crippen LogP contribution < -0.4 is 9.80 Å². The number of aliphatic hydroxyl groups excluding tert-OH is 1. The molecule has 0 radical (unpaired) electrons. The lowest BCUT2D eigenvalue weighted by atomic mass is 9.75. The molecule has 0 aromatic heterocycles. The van der Waals surface area contributed by atoms with Crippen molar-refractivity contribution in [2.45, 2.75) is 251 Å². The predicted molar refractivity (Wildman–Crippen MR) is 274 cm³/mol. The van der Waals surface area contributed by atoms with Crippen LogP contribution in [-0.2, 0) is 4.79 Å². The molecular formula is C58H98N2O2. The van der Waals surface area contributed by atoms with Crippen LogP contribution in [0, 0.1) is 0 Å². The molecule has 352 valence electrons. The molecule has 0 saturated heterocycles. The summed E-state index contributed by atoms with van der Waals surface area (Å²) < 4.78 is 0. The molecule has 0 fully saturated rings. The van der Waals surface area contributed by atoms with Crippen molar-refractivity contribution in [2.24, 2.45) is 0 Å². The highest BCUT2D eigenvalue weighted by Crippen LogP contribution is 2.43. The second-order valence-corrected chi connectivity index (χ2v) is 19.6. The van der Waals surface area contributed by atoms with Crippen molar-refractivity contribution >= 4 is 22.7 Å². The fraction of sp³-hybridized carbons (Fsp3) is 0.741. The first-order valence-electron chi connectivity index (χ1n) is 27.1. The first kappa shape index (κ1) is 53.6. The third-order valence-corrected chi connectivity index (χ3v) is 14.0. The van der Waals surface area contributed by atoms with Gasteiger partial charge < -0.3 is 14.9 Å². The fourth-order valence-corrected chi connectivity index (χ4v) is 9.62. The Labute approximate surface area is 384 Å². The van der Waals surface area contributed by atoms with E-state index in [1.54, 1.807) is 0 Å². The van der Waals surface area contributed by atoms with Crippen molar-refractivity contribution in [3.8, 4) is 0 Å². The monoisotopic (exact) mass is 855 g/mol. The molecule has 62 heavy (non-hydrogen) atoms. The van der Waals surface area contributed by atoms with Gasteiger partial charge >= 0.3 is 0 Å². The number of ketones is 1. The lowest BCUT2D eigenvalue weighted by molar-refractivity contribution is -0.116. The Morgan fingerprint density at radius 3 is 0.919 bits per heavy atom. The summed E-state index contributed by atoms with van der Waals surface area (Å²) in [5.74, 6) is -0.330. The van der Waals surface area contributed by atoms with Gasteiger partial charge in [0.2, 0.25) is 0 Å². The van der Waals surface area contributed by atoms with Gasteiger partial charge in [0, 0.05) is 38.6 Å². The molecule has 4 nitrogen and oxygen atoms in total. The molecule has 4 heteroatoms. The van der Waals surface area contributed by atoms with Gasteiger partial charge in [-0.2, -0.15) is 0 Å². The van der Waals surface area contributed by atoms with Gasteiger partial charge in [-0.15, -0.1) is 0 Å². The lowest BCUT2D eigenvalue weighted by Crippen LogP contribution is -2.28. The maximum absolute atomic E-state index is 13.4. The first-order valence-corrected chi connectivity index (χ1v) is 27.1.